The molecule has 2 rings (SSSR count). The molecule has 0 heterocycles. The molecule has 1 saturated carbocycles. The third-order valence-electron chi connectivity index (χ3n) is 3.50. The number of aliphatic hydroxyl groups excluding tert-OH is 1. The number of ether oxygens (including phenoxy) is 1. The van der Waals surface area contributed by atoms with E-state index in [2.05, 4.69) is 0 Å². The van der Waals surface area contributed by atoms with E-state index in [4.69, 9.17) is 8.92 Å². The topological polar surface area (TPSA) is 89.9 Å². The van der Waals surface area contributed by atoms with Gasteiger partial charge in [0.15, 0.2) is 0 Å². The summed E-state index contributed by atoms with van der Waals surface area (Å²) in [5.41, 5.74) is 0.946. The smallest absolute Gasteiger partial charge is 0.302 e. The van der Waals surface area contributed by atoms with Crippen molar-refractivity contribution in [1.29, 1.82) is 0 Å². The fourth-order valence-corrected chi connectivity index (χ4v) is 3.63. The van der Waals surface area contributed by atoms with Crippen LogP contribution in [0.15, 0.2) is 29.2 Å². The van der Waals surface area contributed by atoms with Gasteiger partial charge in [-0.25, -0.2) is 0 Å². The highest BCUT2D eigenvalue weighted by molar-refractivity contribution is 7.86. The molecular weight excluding hydrogens is 308 g/mol. The predicted octanol–water partition coefficient (Wildman–Crippen LogP) is 1.55. The highest BCUT2D eigenvalue weighted by atomic mass is 32.2. The second kappa shape index (κ2) is 6.76. The number of aryl methyl sites for hydroxylation is 1. The maximum atomic E-state index is 12.2. The van der Waals surface area contributed by atoms with Crippen LogP contribution < -0.4 is 0 Å². The summed E-state index contributed by atoms with van der Waals surface area (Å²) in [6, 6.07) is 6.34. The summed E-state index contributed by atoms with van der Waals surface area (Å²) in [7, 11) is -3.90. The second-order valence-electron chi connectivity index (χ2n) is 5.58. The SMILES string of the molecule is CC(=O)O[C@@H]1C[C@H](O)C[C@H](OS(=O)(=O)c2ccc(C)cc2)C1. The molecule has 1 N–H and O–H groups in total. The molecule has 1 aromatic carbocycles. The van der Waals surface area contributed by atoms with Gasteiger partial charge in [-0.3, -0.25) is 8.98 Å². The number of esters is 1. The fourth-order valence-electron chi connectivity index (χ4n) is 2.54. The Kier molecular flexibility index (Phi) is 5.20. The van der Waals surface area contributed by atoms with Crippen LogP contribution in [-0.4, -0.2) is 37.8 Å². The van der Waals surface area contributed by atoms with E-state index in [-0.39, 0.29) is 17.7 Å². The lowest BCUT2D eigenvalue weighted by molar-refractivity contribution is -0.151. The lowest BCUT2D eigenvalue weighted by atomic mass is 9.92. The zero-order chi connectivity index (χ0) is 16.3. The Morgan fingerprint density at radius 3 is 2.32 bits per heavy atom. The van der Waals surface area contributed by atoms with Crippen LogP contribution in [-0.2, 0) is 23.8 Å². The number of aliphatic hydroxyl groups is 1. The Bertz CT molecular complexity index is 622. The summed E-state index contributed by atoms with van der Waals surface area (Å²) in [5.74, 6) is -0.459. The first-order chi connectivity index (χ1) is 10.3. The lowest BCUT2D eigenvalue weighted by Gasteiger charge is -2.31. The molecule has 6 nitrogen and oxygen atoms in total. The van der Waals surface area contributed by atoms with Crippen molar-refractivity contribution in [2.75, 3.05) is 0 Å². The van der Waals surface area contributed by atoms with Gasteiger partial charge in [0, 0.05) is 26.2 Å². The van der Waals surface area contributed by atoms with Crippen LogP contribution in [0.3, 0.4) is 0 Å². The molecule has 1 fully saturated rings. The van der Waals surface area contributed by atoms with E-state index in [9.17, 15) is 18.3 Å². The molecule has 0 bridgehead atoms. The molecule has 22 heavy (non-hydrogen) atoms. The van der Waals surface area contributed by atoms with Crippen LogP contribution in [0.5, 0.6) is 0 Å². The van der Waals surface area contributed by atoms with Crippen molar-refractivity contribution in [3.05, 3.63) is 29.8 Å². The number of hydrogen-bond acceptors (Lipinski definition) is 6. The van der Waals surface area contributed by atoms with E-state index in [0.29, 0.717) is 6.42 Å². The maximum absolute atomic E-state index is 12.2. The van der Waals surface area contributed by atoms with Crippen molar-refractivity contribution in [3.8, 4) is 0 Å². The summed E-state index contributed by atoms with van der Waals surface area (Å²) in [6.45, 7) is 3.14. The van der Waals surface area contributed by atoms with Crippen LogP contribution in [0.25, 0.3) is 0 Å². The van der Waals surface area contributed by atoms with E-state index in [0.717, 1.165) is 5.56 Å². The Morgan fingerprint density at radius 2 is 1.73 bits per heavy atom. The van der Waals surface area contributed by atoms with Crippen LogP contribution in [0.1, 0.15) is 31.7 Å². The van der Waals surface area contributed by atoms with Crippen molar-refractivity contribution in [3.63, 3.8) is 0 Å². The number of rotatable bonds is 4. The van der Waals surface area contributed by atoms with Gasteiger partial charge in [0.05, 0.1) is 17.1 Å². The Hall–Kier alpha value is -1.44. The number of carbonyl (C=O) groups excluding carboxylic acids is 1. The zero-order valence-electron chi connectivity index (χ0n) is 12.6. The largest absolute Gasteiger partial charge is 0.462 e. The van der Waals surface area contributed by atoms with E-state index in [1.54, 1.807) is 12.1 Å². The van der Waals surface area contributed by atoms with Gasteiger partial charge < -0.3 is 9.84 Å². The molecule has 0 radical (unpaired) electrons. The highest BCUT2D eigenvalue weighted by Gasteiger charge is 2.33. The van der Waals surface area contributed by atoms with Crippen LogP contribution in [0, 0.1) is 6.92 Å². The highest BCUT2D eigenvalue weighted by Crippen LogP contribution is 2.27. The van der Waals surface area contributed by atoms with Crippen molar-refractivity contribution in [2.24, 2.45) is 0 Å². The maximum Gasteiger partial charge on any atom is 0.302 e. The summed E-state index contributed by atoms with van der Waals surface area (Å²) < 4.78 is 34.7. The van der Waals surface area contributed by atoms with E-state index in [1.165, 1.54) is 19.1 Å². The van der Waals surface area contributed by atoms with Crippen molar-refractivity contribution >= 4 is 16.1 Å². The molecule has 1 aliphatic carbocycles. The molecular formula is C15H20O6S. The minimum Gasteiger partial charge on any atom is -0.462 e. The molecule has 7 heteroatoms. The van der Waals surface area contributed by atoms with E-state index < -0.39 is 34.4 Å². The molecule has 0 aliphatic heterocycles. The van der Waals surface area contributed by atoms with Gasteiger partial charge in [-0.15, -0.1) is 0 Å². The van der Waals surface area contributed by atoms with Gasteiger partial charge >= 0.3 is 5.97 Å². The zero-order valence-corrected chi connectivity index (χ0v) is 13.4. The normalized spacial score (nSPS) is 25.7. The second-order valence-corrected chi connectivity index (χ2v) is 7.15. The first kappa shape index (κ1) is 16.9. The number of hydrogen-bond donors (Lipinski definition) is 1. The predicted molar refractivity (Wildman–Crippen MR) is 78.6 cm³/mol. The first-order valence-electron chi connectivity index (χ1n) is 7.11. The van der Waals surface area contributed by atoms with Crippen molar-refractivity contribution < 1.29 is 27.2 Å². The number of carbonyl (C=O) groups is 1. The molecule has 0 amide bonds. The van der Waals surface area contributed by atoms with Gasteiger partial charge in [-0.1, -0.05) is 17.7 Å². The monoisotopic (exact) mass is 328 g/mol. The average molecular weight is 328 g/mol. The Labute approximate surface area is 130 Å². The summed E-state index contributed by atoms with van der Waals surface area (Å²) >= 11 is 0. The molecule has 0 spiro atoms. The first-order valence-corrected chi connectivity index (χ1v) is 8.52. The average Bonchev–Trinajstić information content (AvgIpc) is 2.36. The van der Waals surface area contributed by atoms with Crippen LogP contribution in [0.2, 0.25) is 0 Å². The van der Waals surface area contributed by atoms with Crippen molar-refractivity contribution in [2.45, 2.75) is 56.3 Å². The molecule has 0 unspecified atom stereocenters. The molecule has 1 aromatic rings. The molecule has 0 aromatic heterocycles. The Balaban J connectivity index is 2.07. The fraction of sp³-hybridized carbons (Fsp3) is 0.533. The molecule has 122 valence electrons. The minimum absolute atomic E-state index is 0.0715. The molecule has 3 atom stereocenters. The summed E-state index contributed by atoms with van der Waals surface area (Å²) in [5, 5.41) is 9.80. The molecule has 1 aliphatic rings. The van der Waals surface area contributed by atoms with Crippen molar-refractivity contribution in [1.82, 2.24) is 0 Å². The van der Waals surface area contributed by atoms with Gasteiger partial charge in [-0.05, 0) is 19.1 Å². The van der Waals surface area contributed by atoms with E-state index in [1.807, 2.05) is 6.92 Å². The third-order valence-corrected chi connectivity index (χ3v) is 4.88. The van der Waals surface area contributed by atoms with E-state index >= 15 is 0 Å². The third kappa shape index (κ3) is 4.53. The van der Waals surface area contributed by atoms with Crippen LogP contribution >= 0.6 is 0 Å². The summed E-state index contributed by atoms with van der Waals surface area (Å²) in [4.78, 5) is 11.1. The van der Waals surface area contributed by atoms with Gasteiger partial charge in [0.2, 0.25) is 0 Å². The Morgan fingerprint density at radius 1 is 1.14 bits per heavy atom. The van der Waals surface area contributed by atoms with Gasteiger partial charge in [0.1, 0.15) is 6.10 Å². The quantitative estimate of drug-likeness (QED) is 0.666. The number of benzene rings is 1. The molecule has 0 saturated heterocycles. The summed E-state index contributed by atoms with van der Waals surface area (Å²) in [6.07, 6.45) is -1.25. The lowest BCUT2D eigenvalue weighted by Crippen LogP contribution is -2.37. The van der Waals surface area contributed by atoms with Gasteiger partial charge in [0.25, 0.3) is 10.1 Å². The standard InChI is InChI=1S/C15H20O6S/c1-10-3-5-15(6-4-10)22(18,19)21-14-8-12(17)7-13(9-14)20-11(2)16/h3-6,12-14,17H,7-9H2,1-2H3/t12-,13+,14-/m0/s1. The minimum atomic E-state index is -3.90. The van der Waals surface area contributed by atoms with Crippen LogP contribution in [0.4, 0.5) is 0 Å². The van der Waals surface area contributed by atoms with Gasteiger partial charge in [-0.2, -0.15) is 8.42 Å².